The van der Waals surface area contributed by atoms with Gasteiger partial charge in [0.2, 0.25) is 0 Å². The minimum atomic E-state index is 0.352. The summed E-state index contributed by atoms with van der Waals surface area (Å²) in [5.74, 6) is 0. The molecular formula is C16H28N2O. The zero-order valence-corrected chi connectivity index (χ0v) is 12.6. The minimum absolute atomic E-state index is 0.352. The van der Waals surface area contributed by atoms with Crippen LogP contribution >= 0.6 is 0 Å². The summed E-state index contributed by atoms with van der Waals surface area (Å²) in [5.41, 5.74) is 1.34. The molecule has 0 aliphatic rings. The second-order valence-electron chi connectivity index (χ2n) is 5.30. The highest BCUT2D eigenvalue weighted by Crippen LogP contribution is 2.05. The number of rotatable bonds is 10. The quantitative estimate of drug-likeness (QED) is 0.659. The highest BCUT2D eigenvalue weighted by atomic mass is 16.5. The van der Waals surface area contributed by atoms with E-state index in [-0.39, 0.29) is 0 Å². The first kappa shape index (κ1) is 16.1. The van der Waals surface area contributed by atoms with Crippen molar-refractivity contribution in [2.45, 2.75) is 58.6 Å². The molecule has 0 bridgehead atoms. The maximum Gasteiger partial charge on any atom is 0.0699 e. The zero-order chi connectivity index (χ0) is 13.9. The molecule has 0 aromatic carbocycles. The third-order valence-electron chi connectivity index (χ3n) is 3.08. The summed E-state index contributed by atoms with van der Waals surface area (Å²) >= 11 is 0. The maximum absolute atomic E-state index is 5.98. The Labute approximate surface area is 117 Å². The first-order valence-electron chi connectivity index (χ1n) is 7.46. The number of ether oxygens (including phenoxy) is 1. The first-order chi connectivity index (χ1) is 9.22. The highest BCUT2D eigenvalue weighted by molar-refractivity contribution is 5.09. The van der Waals surface area contributed by atoms with E-state index in [1.54, 1.807) is 0 Å². The van der Waals surface area contributed by atoms with Crippen molar-refractivity contribution >= 4 is 0 Å². The molecule has 1 rings (SSSR count). The zero-order valence-electron chi connectivity index (χ0n) is 12.6. The standard InChI is InChI=1S/C16H28N2O/c1-4-6-16(13-18-14(2)3)19-12-5-7-15-8-10-17-11-9-15/h8-11,14,16,18H,4-7,12-13H2,1-3H3. The fourth-order valence-corrected chi connectivity index (χ4v) is 2.01. The van der Waals surface area contributed by atoms with E-state index in [1.807, 2.05) is 12.4 Å². The number of nitrogens with one attached hydrogen (secondary N) is 1. The van der Waals surface area contributed by atoms with Gasteiger partial charge in [-0.3, -0.25) is 4.98 Å². The van der Waals surface area contributed by atoms with Crippen LogP contribution in [0.4, 0.5) is 0 Å². The van der Waals surface area contributed by atoms with Gasteiger partial charge in [0, 0.05) is 31.6 Å². The largest absolute Gasteiger partial charge is 0.377 e. The van der Waals surface area contributed by atoms with Crippen molar-refractivity contribution in [2.24, 2.45) is 0 Å². The molecule has 108 valence electrons. The lowest BCUT2D eigenvalue weighted by molar-refractivity contribution is 0.0444. The van der Waals surface area contributed by atoms with Crippen LogP contribution in [0.5, 0.6) is 0 Å². The average molecular weight is 264 g/mol. The van der Waals surface area contributed by atoms with E-state index in [4.69, 9.17) is 4.74 Å². The van der Waals surface area contributed by atoms with Crippen molar-refractivity contribution in [1.82, 2.24) is 10.3 Å². The van der Waals surface area contributed by atoms with Gasteiger partial charge < -0.3 is 10.1 Å². The number of hydrogen-bond acceptors (Lipinski definition) is 3. The predicted octanol–water partition coefficient (Wildman–Crippen LogP) is 3.20. The van der Waals surface area contributed by atoms with Gasteiger partial charge in [0.05, 0.1) is 6.10 Å². The Hall–Kier alpha value is -0.930. The lowest BCUT2D eigenvalue weighted by Crippen LogP contribution is -2.33. The molecule has 0 aliphatic carbocycles. The minimum Gasteiger partial charge on any atom is -0.377 e. The van der Waals surface area contributed by atoms with Gasteiger partial charge in [-0.15, -0.1) is 0 Å². The molecule has 1 aromatic heterocycles. The summed E-state index contributed by atoms with van der Waals surface area (Å²) < 4.78 is 5.98. The Morgan fingerprint density at radius 3 is 2.63 bits per heavy atom. The predicted molar refractivity (Wildman–Crippen MR) is 80.3 cm³/mol. The van der Waals surface area contributed by atoms with E-state index in [0.717, 1.165) is 32.4 Å². The molecule has 0 aliphatic heterocycles. The third-order valence-corrected chi connectivity index (χ3v) is 3.08. The third kappa shape index (κ3) is 7.96. The Balaban J connectivity index is 2.17. The van der Waals surface area contributed by atoms with Gasteiger partial charge in [-0.05, 0) is 37.0 Å². The number of aryl methyl sites for hydroxylation is 1. The van der Waals surface area contributed by atoms with E-state index >= 15 is 0 Å². The summed E-state index contributed by atoms with van der Waals surface area (Å²) in [7, 11) is 0. The van der Waals surface area contributed by atoms with Crippen LogP contribution < -0.4 is 5.32 Å². The van der Waals surface area contributed by atoms with Crippen molar-refractivity contribution in [1.29, 1.82) is 0 Å². The molecule has 1 heterocycles. The molecule has 0 saturated carbocycles. The van der Waals surface area contributed by atoms with Gasteiger partial charge in [0.25, 0.3) is 0 Å². The van der Waals surface area contributed by atoms with Gasteiger partial charge >= 0.3 is 0 Å². The lowest BCUT2D eigenvalue weighted by Gasteiger charge is -2.19. The van der Waals surface area contributed by atoms with Crippen LogP contribution in [0.1, 0.15) is 45.6 Å². The van der Waals surface area contributed by atoms with Crippen molar-refractivity contribution in [3.8, 4) is 0 Å². The number of hydrogen-bond donors (Lipinski definition) is 1. The van der Waals surface area contributed by atoms with Crippen LogP contribution in [0, 0.1) is 0 Å². The monoisotopic (exact) mass is 264 g/mol. The molecule has 3 nitrogen and oxygen atoms in total. The summed E-state index contributed by atoms with van der Waals surface area (Å²) in [4.78, 5) is 4.03. The number of nitrogens with zero attached hydrogens (tertiary/aromatic N) is 1. The van der Waals surface area contributed by atoms with Gasteiger partial charge in [-0.1, -0.05) is 27.2 Å². The second kappa shape index (κ2) is 9.93. The average Bonchev–Trinajstić information content (AvgIpc) is 2.41. The first-order valence-corrected chi connectivity index (χ1v) is 7.46. The highest BCUT2D eigenvalue weighted by Gasteiger charge is 2.08. The molecule has 1 unspecified atom stereocenters. The number of aromatic nitrogens is 1. The molecule has 0 spiro atoms. The molecule has 1 aromatic rings. The number of pyridine rings is 1. The smallest absolute Gasteiger partial charge is 0.0699 e. The van der Waals surface area contributed by atoms with Gasteiger partial charge in [-0.2, -0.15) is 0 Å². The lowest BCUT2D eigenvalue weighted by atomic mass is 10.1. The van der Waals surface area contributed by atoms with Crippen molar-refractivity contribution in [2.75, 3.05) is 13.2 Å². The van der Waals surface area contributed by atoms with Gasteiger partial charge in [0.1, 0.15) is 0 Å². The molecule has 1 atom stereocenters. The van der Waals surface area contributed by atoms with Crippen LogP contribution in [0.15, 0.2) is 24.5 Å². The van der Waals surface area contributed by atoms with Crippen molar-refractivity contribution in [3.05, 3.63) is 30.1 Å². The summed E-state index contributed by atoms with van der Waals surface area (Å²) in [6, 6.07) is 4.67. The van der Waals surface area contributed by atoms with Crippen LogP contribution in [-0.2, 0) is 11.2 Å². The topological polar surface area (TPSA) is 34.1 Å². The molecule has 0 saturated heterocycles. The molecular weight excluding hydrogens is 236 g/mol. The van der Waals surface area contributed by atoms with Crippen molar-refractivity contribution in [3.63, 3.8) is 0 Å². The van der Waals surface area contributed by atoms with E-state index in [0.29, 0.717) is 12.1 Å². The fourth-order valence-electron chi connectivity index (χ4n) is 2.01. The molecule has 3 heteroatoms. The second-order valence-corrected chi connectivity index (χ2v) is 5.30. The van der Waals surface area contributed by atoms with E-state index in [9.17, 15) is 0 Å². The maximum atomic E-state index is 5.98. The SMILES string of the molecule is CCCC(CNC(C)C)OCCCc1ccncc1. The summed E-state index contributed by atoms with van der Waals surface area (Å²) in [5, 5.41) is 3.46. The summed E-state index contributed by atoms with van der Waals surface area (Å²) in [6.45, 7) is 8.36. The van der Waals surface area contributed by atoms with Gasteiger partial charge in [0.15, 0.2) is 0 Å². The van der Waals surface area contributed by atoms with E-state index < -0.39 is 0 Å². The Bertz CT molecular complexity index is 314. The van der Waals surface area contributed by atoms with Crippen LogP contribution in [0.2, 0.25) is 0 Å². The molecule has 1 N–H and O–H groups in total. The fraction of sp³-hybridized carbons (Fsp3) is 0.688. The summed E-state index contributed by atoms with van der Waals surface area (Å²) in [6.07, 6.45) is 8.50. The van der Waals surface area contributed by atoms with Crippen LogP contribution in [0.3, 0.4) is 0 Å². The van der Waals surface area contributed by atoms with Gasteiger partial charge in [-0.25, -0.2) is 0 Å². The normalized spacial score (nSPS) is 12.8. The molecule has 19 heavy (non-hydrogen) atoms. The molecule has 0 radical (unpaired) electrons. The van der Waals surface area contributed by atoms with E-state index in [1.165, 1.54) is 12.0 Å². The molecule has 0 fully saturated rings. The Morgan fingerprint density at radius 2 is 2.00 bits per heavy atom. The Kier molecular flexibility index (Phi) is 8.43. The van der Waals surface area contributed by atoms with Crippen LogP contribution in [-0.4, -0.2) is 30.3 Å². The van der Waals surface area contributed by atoms with Crippen molar-refractivity contribution < 1.29 is 4.74 Å². The van der Waals surface area contributed by atoms with Crippen LogP contribution in [0.25, 0.3) is 0 Å². The Morgan fingerprint density at radius 1 is 1.26 bits per heavy atom. The molecule has 0 amide bonds. The van der Waals surface area contributed by atoms with E-state index in [2.05, 4.69) is 43.2 Å².